The van der Waals surface area contributed by atoms with Gasteiger partial charge in [-0.1, -0.05) is 23.9 Å². The predicted molar refractivity (Wildman–Crippen MR) is 97.2 cm³/mol. The summed E-state index contributed by atoms with van der Waals surface area (Å²) in [5, 5.41) is 3.77. The Balaban J connectivity index is 1.23. The molecule has 4 rings (SSSR count). The molecule has 2 heterocycles. The van der Waals surface area contributed by atoms with Crippen LogP contribution in [0.25, 0.3) is 11.0 Å². The van der Waals surface area contributed by atoms with E-state index in [0.29, 0.717) is 17.9 Å². The van der Waals surface area contributed by atoms with Gasteiger partial charge in [-0.15, -0.1) is 0 Å². The maximum atomic E-state index is 12.0. The molecule has 0 saturated heterocycles. The minimum absolute atomic E-state index is 0.0101. The van der Waals surface area contributed by atoms with Crippen LogP contribution >= 0.6 is 11.8 Å². The van der Waals surface area contributed by atoms with Crippen molar-refractivity contribution in [3.63, 3.8) is 0 Å². The van der Waals surface area contributed by atoms with Crippen molar-refractivity contribution in [3.05, 3.63) is 42.5 Å². The third kappa shape index (κ3) is 3.71. The Morgan fingerprint density at radius 2 is 2.08 bits per heavy atom. The summed E-state index contributed by atoms with van der Waals surface area (Å²) in [5.74, 6) is 2.19. The molecule has 0 bridgehead atoms. The lowest BCUT2D eigenvalue weighted by molar-refractivity contribution is -0.116. The second-order valence-corrected chi connectivity index (χ2v) is 6.71. The number of amides is 1. The van der Waals surface area contributed by atoms with Crippen molar-refractivity contribution in [2.24, 2.45) is 0 Å². The van der Waals surface area contributed by atoms with Crippen molar-refractivity contribution in [1.82, 2.24) is 9.97 Å². The molecule has 1 amide bonds. The van der Waals surface area contributed by atoms with Crippen LogP contribution in [0.2, 0.25) is 0 Å². The van der Waals surface area contributed by atoms with E-state index in [-0.39, 0.29) is 12.7 Å². The number of aromatic nitrogens is 2. The molecule has 2 N–H and O–H groups in total. The van der Waals surface area contributed by atoms with E-state index in [9.17, 15) is 4.79 Å². The maximum Gasteiger partial charge on any atom is 0.231 e. The van der Waals surface area contributed by atoms with Gasteiger partial charge in [0.05, 0.1) is 11.0 Å². The number of thioether (sulfide) groups is 1. The van der Waals surface area contributed by atoms with Gasteiger partial charge in [-0.3, -0.25) is 4.79 Å². The number of ether oxygens (including phenoxy) is 2. The van der Waals surface area contributed by atoms with Crippen LogP contribution < -0.4 is 14.8 Å². The number of nitrogens with zero attached hydrogens (tertiary/aromatic N) is 1. The van der Waals surface area contributed by atoms with E-state index in [2.05, 4.69) is 15.3 Å². The number of anilines is 1. The third-order valence-corrected chi connectivity index (χ3v) is 4.77. The molecule has 6 nitrogen and oxygen atoms in total. The first-order valence-electron chi connectivity index (χ1n) is 8.05. The molecule has 25 heavy (non-hydrogen) atoms. The number of benzene rings is 2. The lowest BCUT2D eigenvalue weighted by Gasteiger charge is -2.06. The number of fused-ring (bicyclic) bond motifs is 2. The third-order valence-electron chi connectivity index (χ3n) is 3.81. The quantitative estimate of drug-likeness (QED) is 0.519. The van der Waals surface area contributed by atoms with Gasteiger partial charge in [0.25, 0.3) is 0 Å². The van der Waals surface area contributed by atoms with Crippen molar-refractivity contribution >= 4 is 34.4 Å². The molecule has 0 aliphatic carbocycles. The number of carbonyl (C=O) groups excluding carboxylic acids is 1. The van der Waals surface area contributed by atoms with Gasteiger partial charge in [0.2, 0.25) is 12.7 Å². The van der Waals surface area contributed by atoms with Crippen molar-refractivity contribution in [3.8, 4) is 11.5 Å². The van der Waals surface area contributed by atoms with E-state index >= 15 is 0 Å². The Morgan fingerprint density at radius 1 is 1.20 bits per heavy atom. The van der Waals surface area contributed by atoms with Gasteiger partial charge in [0, 0.05) is 23.9 Å². The van der Waals surface area contributed by atoms with Crippen LogP contribution in [0.1, 0.15) is 12.8 Å². The van der Waals surface area contributed by atoms with Gasteiger partial charge in [0.15, 0.2) is 16.7 Å². The molecule has 1 aliphatic rings. The standard InChI is InChI=1S/C18H17N3O3S/c22-17(19-12-7-8-15-16(10-12)24-11-23-15)6-3-9-25-18-20-13-4-1-2-5-14(13)21-18/h1-2,4-5,7-8,10H,3,6,9,11H2,(H,19,22)(H,20,21). The largest absolute Gasteiger partial charge is 0.454 e. The molecule has 3 aromatic rings. The van der Waals surface area contributed by atoms with Gasteiger partial charge >= 0.3 is 0 Å². The Morgan fingerprint density at radius 3 is 3.00 bits per heavy atom. The number of nitrogens with one attached hydrogen (secondary N) is 2. The van der Waals surface area contributed by atoms with E-state index in [1.54, 1.807) is 23.9 Å². The molecule has 1 aromatic heterocycles. The number of H-pyrrole nitrogens is 1. The highest BCUT2D eigenvalue weighted by Crippen LogP contribution is 2.34. The van der Waals surface area contributed by atoms with Crippen LogP contribution in [0.3, 0.4) is 0 Å². The molecule has 0 fully saturated rings. The number of para-hydroxylation sites is 2. The van der Waals surface area contributed by atoms with Crippen LogP contribution in [-0.2, 0) is 4.79 Å². The molecule has 0 spiro atoms. The first-order chi connectivity index (χ1) is 12.3. The Hall–Kier alpha value is -2.67. The average molecular weight is 355 g/mol. The lowest BCUT2D eigenvalue weighted by Crippen LogP contribution is -2.11. The zero-order valence-electron chi connectivity index (χ0n) is 13.5. The van der Waals surface area contributed by atoms with Crippen LogP contribution in [-0.4, -0.2) is 28.4 Å². The van der Waals surface area contributed by atoms with Crippen molar-refractivity contribution in [2.45, 2.75) is 18.0 Å². The second kappa shape index (κ2) is 7.06. The van der Waals surface area contributed by atoms with E-state index in [0.717, 1.165) is 34.1 Å². The predicted octanol–water partition coefficient (Wildman–Crippen LogP) is 3.80. The average Bonchev–Trinajstić information content (AvgIpc) is 3.24. The van der Waals surface area contributed by atoms with Gasteiger partial charge in [-0.25, -0.2) is 4.98 Å². The number of hydrogen-bond acceptors (Lipinski definition) is 5. The summed E-state index contributed by atoms with van der Waals surface area (Å²) in [4.78, 5) is 19.8. The fourth-order valence-corrected chi connectivity index (χ4v) is 3.42. The molecule has 128 valence electrons. The highest BCUT2D eigenvalue weighted by molar-refractivity contribution is 7.99. The highest BCUT2D eigenvalue weighted by Gasteiger charge is 2.14. The Kier molecular flexibility index (Phi) is 4.47. The molecule has 0 radical (unpaired) electrons. The van der Waals surface area contributed by atoms with Crippen LogP contribution in [0.5, 0.6) is 11.5 Å². The monoisotopic (exact) mass is 355 g/mol. The van der Waals surface area contributed by atoms with Crippen molar-refractivity contribution in [1.29, 1.82) is 0 Å². The fourth-order valence-electron chi connectivity index (χ4n) is 2.60. The Bertz CT molecular complexity index is 876. The minimum Gasteiger partial charge on any atom is -0.454 e. The Labute approximate surface area is 148 Å². The van der Waals surface area contributed by atoms with E-state index in [1.165, 1.54) is 0 Å². The molecule has 1 aliphatic heterocycles. The summed E-state index contributed by atoms with van der Waals surface area (Å²) < 4.78 is 10.6. The molecule has 0 saturated carbocycles. The number of aromatic amines is 1. The summed E-state index contributed by atoms with van der Waals surface area (Å²) in [6.07, 6.45) is 1.24. The summed E-state index contributed by atoms with van der Waals surface area (Å²) >= 11 is 1.63. The highest BCUT2D eigenvalue weighted by atomic mass is 32.2. The smallest absolute Gasteiger partial charge is 0.231 e. The first kappa shape index (κ1) is 15.8. The number of imidazole rings is 1. The van der Waals surface area contributed by atoms with Crippen LogP contribution in [0.4, 0.5) is 5.69 Å². The summed E-state index contributed by atoms with van der Waals surface area (Å²) in [6, 6.07) is 13.3. The van der Waals surface area contributed by atoms with Gasteiger partial charge < -0.3 is 19.8 Å². The fraction of sp³-hybridized carbons (Fsp3) is 0.222. The second-order valence-electron chi connectivity index (χ2n) is 5.63. The normalized spacial score (nSPS) is 12.5. The molecule has 2 aromatic carbocycles. The van der Waals surface area contributed by atoms with E-state index in [1.807, 2.05) is 30.3 Å². The van der Waals surface area contributed by atoms with Gasteiger partial charge in [0.1, 0.15) is 0 Å². The van der Waals surface area contributed by atoms with Crippen LogP contribution in [0, 0.1) is 0 Å². The summed E-state index contributed by atoms with van der Waals surface area (Å²) in [6.45, 7) is 0.228. The topological polar surface area (TPSA) is 76.2 Å². The van der Waals surface area contributed by atoms with Gasteiger partial charge in [-0.2, -0.15) is 0 Å². The molecular formula is C18H17N3O3S. The molecular weight excluding hydrogens is 338 g/mol. The maximum absolute atomic E-state index is 12.0. The zero-order valence-corrected chi connectivity index (χ0v) is 14.3. The summed E-state index contributed by atoms with van der Waals surface area (Å²) in [5.41, 5.74) is 2.72. The number of hydrogen-bond donors (Lipinski definition) is 2. The number of rotatable bonds is 6. The minimum atomic E-state index is -0.0101. The molecule has 0 atom stereocenters. The van der Waals surface area contributed by atoms with Crippen LogP contribution in [0.15, 0.2) is 47.6 Å². The molecule has 7 heteroatoms. The SMILES string of the molecule is O=C(CCCSc1nc2ccccc2[nH]1)Nc1ccc2c(c1)OCO2. The lowest BCUT2D eigenvalue weighted by atomic mass is 10.2. The number of carbonyl (C=O) groups is 1. The molecule has 0 unspecified atom stereocenters. The van der Waals surface area contributed by atoms with E-state index < -0.39 is 0 Å². The summed E-state index contributed by atoms with van der Waals surface area (Å²) in [7, 11) is 0. The van der Waals surface area contributed by atoms with E-state index in [4.69, 9.17) is 9.47 Å². The zero-order chi connectivity index (χ0) is 17.1. The van der Waals surface area contributed by atoms with Crippen molar-refractivity contribution in [2.75, 3.05) is 17.9 Å². The first-order valence-corrected chi connectivity index (χ1v) is 9.03. The van der Waals surface area contributed by atoms with Gasteiger partial charge in [-0.05, 0) is 30.7 Å². The van der Waals surface area contributed by atoms with Crippen molar-refractivity contribution < 1.29 is 14.3 Å².